The van der Waals surface area contributed by atoms with E-state index in [4.69, 9.17) is 0 Å². The predicted molar refractivity (Wildman–Crippen MR) is 83.2 cm³/mol. The van der Waals surface area contributed by atoms with E-state index in [9.17, 15) is 4.57 Å². The summed E-state index contributed by atoms with van der Waals surface area (Å²) >= 11 is 0. The first-order chi connectivity index (χ1) is 9.27. The SMILES string of the molecule is CCC/C=N/P(=O)(c1ccccc1)c1ccccc1. The van der Waals surface area contributed by atoms with Gasteiger partial charge in [-0.25, -0.2) is 4.76 Å². The van der Waals surface area contributed by atoms with Gasteiger partial charge in [0.05, 0.1) is 0 Å². The summed E-state index contributed by atoms with van der Waals surface area (Å²) in [6, 6.07) is 19.0. The molecule has 0 aliphatic rings. The van der Waals surface area contributed by atoms with Crippen LogP contribution >= 0.6 is 7.29 Å². The van der Waals surface area contributed by atoms with Crippen LogP contribution in [0.1, 0.15) is 19.8 Å². The second kappa shape index (κ2) is 6.49. The molecule has 3 heteroatoms. The lowest BCUT2D eigenvalue weighted by Crippen LogP contribution is -2.14. The maximum atomic E-state index is 13.3. The molecule has 0 amide bonds. The lowest BCUT2D eigenvalue weighted by atomic mass is 10.4. The van der Waals surface area contributed by atoms with Gasteiger partial charge in [-0.05, 0) is 30.7 Å². The molecule has 0 aliphatic carbocycles. The molecule has 0 fully saturated rings. The Hall–Kier alpha value is -1.66. The average molecular weight is 271 g/mol. The monoisotopic (exact) mass is 271 g/mol. The summed E-state index contributed by atoms with van der Waals surface area (Å²) in [5, 5.41) is 1.57. The quantitative estimate of drug-likeness (QED) is 0.601. The number of benzene rings is 2. The Balaban J connectivity index is 2.48. The van der Waals surface area contributed by atoms with E-state index in [1.807, 2.05) is 60.7 Å². The van der Waals surface area contributed by atoms with E-state index in [1.54, 1.807) is 6.21 Å². The fourth-order valence-corrected chi connectivity index (χ4v) is 3.91. The van der Waals surface area contributed by atoms with Gasteiger partial charge < -0.3 is 0 Å². The van der Waals surface area contributed by atoms with Crippen LogP contribution in [-0.2, 0) is 4.57 Å². The van der Waals surface area contributed by atoms with Crippen molar-refractivity contribution < 1.29 is 4.57 Å². The van der Waals surface area contributed by atoms with Crippen molar-refractivity contribution in [2.24, 2.45) is 4.76 Å². The number of nitrogens with zero attached hydrogens (tertiary/aromatic N) is 1. The third-order valence-electron chi connectivity index (χ3n) is 2.87. The third-order valence-corrected chi connectivity index (χ3v) is 5.36. The Morgan fingerprint density at radius 3 is 1.84 bits per heavy atom. The molecule has 0 aromatic heterocycles. The van der Waals surface area contributed by atoms with Crippen LogP contribution in [0.3, 0.4) is 0 Å². The largest absolute Gasteiger partial charge is 0.288 e. The van der Waals surface area contributed by atoms with E-state index in [1.165, 1.54) is 0 Å². The van der Waals surface area contributed by atoms with Gasteiger partial charge in [-0.3, -0.25) is 4.57 Å². The molecular weight excluding hydrogens is 253 g/mol. The van der Waals surface area contributed by atoms with Crippen molar-refractivity contribution in [1.29, 1.82) is 0 Å². The van der Waals surface area contributed by atoms with Crippen molar-refractivity contribution in [1.82, 2.24) is 0 Å². The summed E-state index contributed by atoms with van der Waals surface area (Å²) in [5.74, 6) is 0. The molecule has 0 unspecified atom stereocenters. The maximum Gasteiger partial charge on any atom is 0.247 e. The van der Waals surface area contributed by atoms with Gasteiger partial charge in [0.1, 0.15) is 0 Å². The molecule has 0 radical (unpaired) electrons. The molecular formula is C16H18NOP. The minimum Gasteiger partial charge on any atom is -0.288 e. The van der Waals surface area contributed by atoms with Crippen molar-refractivity contribution in [3.63, 3.8) is 0 Å². The van der Waals surface area contributed by atoms with E-state index < -0.39 is 7.29 Å². The fraction of sp³-hybridized carbons (Fsp3) is 0.188. The molecule has 0 spiro atoms. The van der Waals surface area contributed by atoms with Gasteiger partial charge in [0.2, 0.25) is 7.29 Å². The Bertz CT molecular complexity index is 535. The first-order valence-electron chi connectivity index (χ1n) is 6.52. The second-order valence-electron chi connectivity index (χ2n) is 4.33. The molecule has 0 saturated heterocycles. The number of unbranched alkanes of at least 4 members (excludes halogenated alkanes) is 1. The molecule has 0 aliphatic heterocycles. The first kappa shape index (κ1) is 13.8. The molecule has 2 rings (SSSR count). The van der Waals surface area contributed by atoms with Crippen molar-refractivity contribution in [2.45, 2.75) is 19.8 Å². The Labute approximate surface area is 114 Å². The maximum absolute atomic E-state index is 13.3. The summed E-state index contributed by atoms with van der Waals surface area (Å²) in [7, 11) is -2.88. The summed E-state index contributed by atoms with van der Waals surface area (Å²) in [6.45, 7) is 2.09. The smallest absolute Gasteiger partial charge is 0.247 e. The van der Waals surface area contributed by atoms with Crippen molar-refractivity contribution in [2.75, 3.05) is 0 Å². The molecule has 0 bridgehead atoms. The van der Waals surface area contributed by atoms with Crippen LogP contribution in [0, 0.1) is 0 Å². The zero-order valence-electron chi connectivity index (χ0n) is 11.1. The lowest BCUT2D eigenvalue weighted by Gasteiger charge is -2.14. The van der Waals surface area contributed by atoms with Gasteiger partial charge in [0, 0.05) is 16.8 Å². The molecule has 2 nitrogen and oxygen atoms in total. The van der Waals surface area contributed by atoms with Crippen molar-refractivity contribution in [3.05, 3.63) is 60.7 Å². The third kappa shape index (κ3) is 3.21. The minimum absolute atomic E-state index is 0.786. The topological polar surface area (TPSA) is 29.4 Å². The zero-order chi connectivity index (χ0) is 13.6. The van der Waals surface area contributed by atoms with Gasteiger partial charge in [0.15, 0.2) is 0 Å². The lowest BCUT2D eigenvalue weighted by molar-refractivity contribution is 0.588. The number of hydrogen-bond acceptors (Lipinski definition) is 1. The van der Waals surface area contributed by atoms with E-state index >= 15 is 0 Å². The highest BCUT2D eigenvalue weighted by molar-refractivity contribution is 7.77. The van der Waals surface area contributed by atoms with Gasteiger partial charge in [-0.2, -0.15) is 0 Å². The molecule has 0 saturated carbocycles. The van der Waals surface area contributed by atoms with Crippen LogP contribution in [0.15, 0.2) is 65.4 Å². The van der Waals surface area contributed by atoms with E-state index in [0.29, 0.717) is 0 Å². The van der Waals surface area contributed by atoms with Gasteiger partial charge in [-0.1, -0.05) is 49.7 Å². The second-order valence-corrected chi connectivity index (χ2v) is 6.75. The standard InChI is InChI=1S/C16H18NOP/c1-2-3-14-17-19(18,15-10-6-4-7-11-15)16-12-8-5-9-13-16/h4-14H,2-3H2,1H3/b17-14+. The van der Waals surface area contributed by atoms with Gasteiger partial charge in [-0.15, -0.1) is 0 Å². The highest BCUT2D eigenvalue weighted by atomic mass is 31.2. The first-order valence-corrected chi connectivity index (χ1v) is 8.18. The summed E-state index contributed by atoms with van der Waals surface area (Å²) in [4.78, 5) is 0. The molecule has 19 heavy (non-hydrogen) atoms. The molecule has 98 valence electrons. The molecule has 2 aromatic rings. The van der Waals surface area contributed by atoms with Gasteiger partial charge >= 0.3 is 0 Å². The Kier molecular flexibility index (Phi) is 4.70. The average Bonchev–Trinajstić information content (AvgIpc) is 2.49. The molecule has 0 heterocycles. The van der Waals surface area contributed by atoms with Crippen LogP contribution in [0.2, 0.25) is 0 Å². The normalized spacial score (nSPS) is 11.8. The van der Waals surface area contributed by atoms with Crippen LogP contribution < -0.4 is 10.6 Å². The number of rotatable bonds is 5. The molecule has 0 atom stereocenters. The van der Waals surface area contributed by atoms with E-state index in [-0.39, 0.29) is 0 Å². The van der Waals surface area contributed by atoms with Crippen molar-refractivity contribution >= 4 is 24.1 Å². The van der Waals surface area contributed by atoms with Crippen LogP contribution in [0.25, 0.3) is 0 Å². The summed E-state index contributed by atoms with van der Waals surface area (Å²) in [5.41, 5.74) is 0. The minimum atomic E-state index is -2.88. The predicted octanol–water partition coefficient (Wildman–Crippen LogP) is 3.79. The van der Waals surface area contributed by atoms with Crippen LogP contribution in [-0.4, -0.2) is 6.21 Å². The molecule has 0 N–H and O–H groups in total. The fourth-order valence-electron chi connectivity index (χ4n) is 1.84. The summed E-state index contributed by atoms with van der Waals surface area (Å²) in [6.07, 6.45) is 3.65. The Morgan fingerprint density at radius 1 is 0.947 bits per heavy atom. The number of hydrogen-bond donors (Lipinski definition) is 0. The highest BCUT2D eigenvalue weighted by Gasteiger charge is 2.25. The van der Waals surface area contributed by atoms with Crippen molar-refractivity contribution in [3.8, 4) is 0 Å². The van der Waals surface area contributed by atoms with E-state index in [2.05, 4.69) is 11.7 Å². The van der Waals surface area contributed by atoms with E-state index in [0.717, 1.165) is 23.5 Å². The zero-order valence-corrected chi connectivity index (χ0v) is 12.0. The Morgan fingerprint density at radius 2 is 1.42 bits per heavy atom. The molecule has 2 aromatic carbocycles. The van der Waals surface area contributed by atoms with Crippen LogP contribution in [0.5, 0.6) is 0 Å². The van der Waals surface area contributed by atoms with Gasteiger partial charge in [0.25, 0.3) is 0 Å². The highest BCUT2D eigenvalue weighted by Crippen LogP contribution is 2.44. The van der Waals surface area contributed by atoms with Crippen LogP contribution in [0.4, 0.5) is 0 Å². The summed E-state index contributed by atoms with van der Waals surface area (Å²) < 4.78 is 17.7.